The Balaban J connectivity index is 1.82. The number of anilines is 2. The average molecular weight is 458 g/mol. The number of benzene rings is 2. The van der Waals surface area contributed by atoms with Crippen molar-refractivity contribution in [3.63, 3.8) is 0 Å². The van der Waals surface area contributed by atoms with E-state index in [0.29, 0.717) is 18.8 Å². The highest BCUT2D eigenvalue weighted by atomic mass is 32.2. The van der Waals surface area contributed by atoms with Gasteiger partial charge in [-0.05, 0) is 44.0 Å². The molecule has 0 aliphatic carbocycles. The van der Waals surface area contributed by atoms with Crippen molar-refractivity contribution in [1.82, 2.24) is 9.55 Å². The molecule has 0 aliphatic heterocycles. The molecule has 1 aromatic heterocycles. The summed E-state index contributed by atoms with van der Waals surface area (Å²) in [5.41, 5.74) is 0.510. The fourth-order valence-corrected chi connectivity index (χ4v) is 4.96. The molecule has 0 unspecified atom stereocenters. The SMILES string of the molecule is CCN(c1ccccc1)S(=O)(=O)c1ccc(NC[C@H](C)Cn2ccnc2C)c([N+](=O)[O-])c1. The van der Waals surface area contributed by atoms with Crippen molar-refractivity contribution < 1.29 is 13.3 Å². The van der Waals surface area contributed by atoms with Crippen LogP contribution in [0.4, 0.5) is 17.1 Å². The van der Waals surface area contributed by atoms with E-state index in [1.54, 1.807) is 43.5 Å². The van der Waals surface area contributed by atoms with E-state index in [1.807, 2.05) is 24.6 Å². The van der Waals surface area contributed by atoms with E-state index in [1.165, 1.54) is 16.4 Å². The maximum absolute atomic E-state index is 13.2. The zero-order valence-electron chi connectivity index (χ0n) is 18.3. The summed E-state index contributed by atoms with van der Waals surface area (Å²) in [6, 6.07) is 12.6. The maximum atomic E-state index is 13.2. The zero-order valence-corrected chi connectivity index (χ0v) is 19.1. The minimum absolute atomic E-state index is 0.123. The first-order valence-corrected chi connectivity index (χ1v) is 11.8. The monoisotopic (exact) mass is 457 g/mol. The first-order chi connectivity index (χ1) is 15.2. The van der Waals surface area contributed by atoms with Gasteiger partial charge < -0.3 is 9.88 Å². The lowest BCUT2D eigenvalue weighted by Crippen LogP contribution is -2.30. The van der Waals surface area contributed by atoms with Crippen molar-refractivity contribution in [2.45, 2.75) is 32.2 Å². The topological polar surface area (TPSA) is 110 Å². The lowest BCUT2D eigenvalue weighted by Gasteiger charge is -2.23. The largest absolute Gasteiger partial charge is 0.379 e. The molecular weight excluding hydrogens is 430 g/mol. The van der Waals surface area contributed by atoms with Crippen molar-refractivity contribution in [2.24, 2.45) is 5.92 Å². The first-order valence-electron chi connectivity index (χ1n) is 10.3. The summed E-state index contributed by atoms with van der Waals surface area (Å²) in [6.45, 7) is 7.05. The van der Waals surface area contributed by atoms with Gasteiger partial charge >= 0.3 is 0 Å². The summed E-state index contributed by atoms with van der Waals surface area (Å²) < 4.78 is 29.6. The summed E-state index contributed by atoms with van der Waals surface area (Å²) >= 11 is 0. The number of para-hydroxylation sites is 1. The van der Waals surface area contributed by atoms with Gasteiger partial charge in [-0.15, -0.1) is 0 Å². The number of imidazole rings is 1. The molecule has 2 aromatic carbocycles. The molecule has 0 radical (unpaired) electrons. The van der Waals surface area contributed by atoms with Crippen molar-refractivity contribution in [2.75, 3.05) is 22.7 Å². The summed E-state index contributed by atoms with van der Waals surface area (Å²) in [7, 11) is -3.96. The van der Waals surface area contributed by atoms with E-state index in [-0.39, 0.29) is 28.7 Å². The molecule has 1 atom stereocenters. The number of nitro groups is 1. The lowest BCUT2D eigenvalue weighted by atomic mass is 10.1. The van der Waals surface area contributed by atoms with Gasteiger partial charge in [-0.3, -0.25) is 14.4 Å². The summed E-state index contributed by atoms with van der Waals surface area (Å²) in [6.07, 6.45) is 3.62. The number of rotatable bonds is 10. The van der Waals surface area contributed by atoms with Crippen LogP contribution in [0.3, 0.4) is 0 Å². The minimum atomic E-state index is -3.96. The van der Waals surface area contributed by atoms with Crippen LogP contribution in [0.1, 0.15) is 19.7 Å². The van der Waals surface area contributed by atoms with E-state index in [0.717, 1.165) is 11.9 Å². The molecule has 10 heteroatoms. The second-order valence-corrected chi connectivity index (χ2v) is 9.42. The second kappa shape index (κ2) is 9.82. The molecule has 1 N–H and O–H groups in total. The standard InChI is InChI=1S/C22H27N5O4S/c1-4-26(19-8-6-5-7-9-19)32(30,31)20-10-11-21(22(14-20)27(28)29)24-15-17(2)16-25-13-12-23-18(25)3/h5-14,17,24H,4,15-16H2,1-3H3/t17-/m0/s1. The van der Waals surface area contributed by atoms with E-state index in [4.69, 9.17) is 0 Å². The van der Waals surface area contributed by atoms with Gasteiger partial charge in [0.2, 0.25) is 0 Å². The number of hydrogen-bond acceptors (Lipinski definition) is 6. The van der Waals surface area contributed by atoms with E-state index in [9.17, 15) is 18.5 Å². The summed E-state index contributed by atoms with van der Waals surface area (Å²) in [4.78, 5) is 15.2. The van der Waals surface area contributed by atoms with Gasteiger partial charge in [0.15, 0.2) is 0 Å². The Morgan fingerprint density at radius 2 is 1.94 bits per heavy atom. The van der Waals surface area contributed by atoms with Gasteiger partial charge in [-0.25, -0.2) is 13.4 Å². The van der Waals surface area contributed by atoms with Crippen molar-refractivity contribution >= 4 is 27.1 Å². The minimum Gasteiger partial charge on any atom is -0.379 e. The van der Waals surface area contributed by atoms with E-state index < -0.39 is 14.9 Å². The van der Waals surface area contributed by atoms with Crippen LogP contribution >= 0.6 is 0 Å². The third kappa shape index (κ3) is 5.08. The number of sulfonamides is 1. The fourth-order valence-electron chi connectivity index (χ4n) is 3.47. The molecule has 0 saturated heterocycles. The Morgan fingerprint density at radius 3 is 2.53 bits per heavy atom. The third-order valence-electron chi connectivity index (χ3n) is 5.16. The van der Waals surface area contributed by atoms with E-state index >= 15 is 0 Å². The van der Waals surface area contributed by atoms with Crippen LogP contribution in [0.5, 0.6) is 0 Å². The number of aryl methyl sites for hydroxylation is 1. The van der Waals surface area contributed by atoms with Crippen LogP contribution in [0.25, 0.3) is 0 Å². The Morgan fingerprint density at radius 1 is 1.22 bits per heavy atom. The molecule has 3 aromatic rings. The molecule has 0 saturated carbocycles. The number of nitrogens with zero attached hydrogens (tertiary/aromatic N) is 4. The molecule has 9 nitrogen and oxygen atoms in total. The Labute approximate surface area is 187 Å². The highest BCUT2D eigenvalue weighted by Gasteiger charge is 2.27. The molecule has 170 valence electrons. The van der Waals surface area contributed by atoms with E-state index in [2.05, 4.69) is 10.3 Å². The maximum Gasteiger partial charge on any atom is 0.293 e. The van der Waals surface area contributed by atoms with Crippen LogP contribution in [-0.4, -0.2) is 36.0 Å². The summed E-state index contributed by atoms with van der Waals surface area (Å²) in [5.74, 6) is 1.07. The Bertz CT molecular complexity index is 1180. The number of aromatic nitrogens is 2. The predicted octanol–water partition coefficient (Wildman–Crippen LogP) is 4.06. The van der Waals surface area contributed by atoms with Gasteiger partial charge in [0.05, 0.1) is 15.5 Å². The molecule has 0 aliphatic rings. The smallest absolute Gasteiger partial charge is 0.293 e. The summed E-state index contributed by atoms with van der Waals surface area (Å²) in [5, 5.41) is 14.8. The van der Waals surface area contributed by atoms with Gasteiger partial charge in [0.25, 0.3) is 15.7 Å². The number of hydrogen-bond donors (Lipinski definition) is 1. The van der Waals surface area contributed by atoms with Crippen LogP contribution in [-0.2, 0) is 16.6 Å². The van der Waals surface area contributed by atoms with Crippen LogP contribution in [0.15, 0.2) is 65.8 Å². The van der Waals surface area contributed by atoms with Gasteiger partial charge in [0.1, 0.15) is 11.5 Å². The van der Waals surface area contributed by atoms with Crippen molar-refractivity contribution in [1.29, 1.82) is 0 Å². The highest BCUT2D eigenvalue weighted by Crippen LogP contribution is 2.31. The van der Waals surface area contributed by atoms with Crippen LogP contribution in [0, 0.1) is 23.0 Å². The molecule has 1 heterocycles. The highest BCUT2D eigenvalue weighted by molar-refractivity contribution is 7.92. The molecule has 0 bridgehead atoms. The number of nitrogens with one attached hydrogen (secondary N) is 1. The number of nitro benzene ring substituents is 1. The zero-order chi connectivity index (χ0) is 23.3. The normalized spacial score (nSPS) is 12.3. The van der Waals surface area contributed by atoms with Crippen LogP contribution < -0.4 is 9.62 Å². The molecular formula is C22H27N5O4S. The van der Waals surface area contributed by atoms with Gasteiger partial charge in [-0.2, -0.15) is 0 Å². The van der Waals surface area contributed by atoms with Gasteiger partial charge in [-0.1, -0.05) is 25.1 Å². The van der Waals surface area contributed by atoms with Gasteiger partial charge in [0, 0.05) is 38.1 Å². The fraction of sp³-hybridized carbons (Fsp3) is 0.318. The average Bonchev–Trinajstić information content (AvgIpc) is 3.17. The molecule has 0 amide bonds. The second-order valence-electron chi connectivity index (χ2n) is 7.55. The lowest BCUT2D eigenvalue weighted by molar-refractivity contribution is -0.384. The van der Waals surface area contributed by atoms with Crippen molar-refractivity contribution in [3.05, 3.63) is 76.9 Å². The Kier molecular flexibility index (Phi) is 7.14. The molecule has 3 rings (SSSR count). The van der Waals surface area contributed by atoms with Crippen LogP contribution in [0.2, 0.25) is 0 Å². The first kappa shape index (κ1) is 23.3. The predicted molar refractivity (Wildman–Crippen MR) is 124 cm³/mol. The quantitative estimate of drug-likeness (QED) is 0.363. The molecule has 0 spiro atoms. The van der Waals surface area contributed by atoms with Crippen molar-refractivity contribution in [3.8, 4) is 0 Å². The molecule has 32 heavy (non-hydrogen) atoms. The third-order valence-corrected chi connectivity index (χ3v) is 7.06. The molecule has 0 fully saturated rings. The Hall–Kier alpha value is -3.40.